The Morgan fingerprint density at radius 3 is 2.61 bits per heavy atom. The Morgan fingerprint density at radius 2 is 1.94 bits per heavy atom. The van der Waals surface area contributed by atoms with Crippen LogP contribution < -0.4 is 5.73 Å². The molecule has 2 unspecified atom stereocenters. The summed E-state index contributed by atoms with van der Waals surface area (Å²) in [6, 6.07) is 13.7. The second kappa shape index (κ2) is 4.55. The number of β-lactam (4-membered cyclic amide) rings is 1. The summed E-state index contributed by atoms with van der Waals surface area (Å²) in [5.74, 6) is 0.0391. The first-order valence-electron chi connectivity index (χ1n) is 5.91. The third-order valence-corrected chi connectivity index (χ3v) is 4.22. The lowest BCUT2D eigenvalue weighted by Crippen LogP contribution is -2.62. The first-order valence-corrected chi connectivity index (χ1v) is 6.79. The fourth-order valence-electron chi connectivity index (χ4n) is 2.32. The zero-order valence-electron chi connectivity index (χ0n) is 9.82. The SMILES string of the molecule is NC1C(=O)N(Cc2ccccc2)C1c1cccs1. The van der Waals surface area contributed by atoms with Gasteiger partial charge in [-0.05, 0) is 17.0 Å². The van der Waals surface area contributed by atoms with Gasteiger partial charge >= 0.3 is 0 Å². The molecule has 92 valence electrons. The molecule has 1 amide bonds. The van der Waals surface area contributed by atoms with E-state index in [1.807, 2.05) is 52.7 Å². The zero-order chi connectivity index (χ0) is 12.5. The molecule has 18 heavy (non-hydrogen) atoms. The number of amides is 1. The van der Waals surface area contributed by atoms with Crippen LogP contribution in [0.4, 0.5) is 0 Å². The molecular weight excluding hydrogens is 244 g/mol. The topological polar surface area (TPSA) is 46.3 Å². The number of nitrogens with two attached hydrogens (primary N) is 1. The Kier molecular flexibility index (Phi) is 2.89. The number of carbonyl (C=O) groups is 1. The quantitative estimate of drug-likeness (QED) is 0.858. The van der Waals surface area contributed by atoms with E-state index in [2.05, 4.69) is 0 Å². The highest BCUT2D eigenvalue weighted by molar-refractivity contribution is 7.10. The number of likely N-dealkylation sites (tertiary alicyclic amines) is 1. The summed E-state index contributed by atoms with van der Waals surface area (Å²) in [7, 11) is 0. The molecule has 3 nitrogen and oxygen atoms in total. The van der Waals surface area contributed by atoms with E-state index in [4.69, 9.17) is 5.73 Å². The maximum Gasteiger partial charge on any atom is 0.242 e. The van der Waals surface area contributed by atoms with Crippen molar-refractivity contribution in [3.8, 4) is 0 Å². The van der Waals surface area contributed by atoms with Gasteiger partial charge in [-0.15, -0.1) is 11.3 Å². The van der Waals surface area contributed by atoms with Crippen molar-refractivity contribution in [2.24, 2.45) is 5.73 Å². The van der Waals surface area contributed by atoms with E-state index in [0.717, 1.165) is 10.4 Å². The average molecular weight is 258 g/mol. The van der Waals surface area contributed by atoms with Gasteiger partial charge in [0, 0.05) is 11.4 Å². The van der Waals surface area contributed by atoms with Crippen LogP contribution in [0.1, 0.15) is 16.5 Å². The Hall–Kier alpha value is -1.65. The summed E-state index contributed by atoms with van der Waals surface area (Å²) < 4.78 is 0. The molecule has 1 aromatic heterocycles. The molecule has 1 aliphatic heterocycles. The van der Waals surface area contributed by atoms with Gasteiger partial charge in [0.1, 0.15) is 6.04 Å². The van der Waals surface area contributed by atoms with Gasteiger partial charge in [-0.2, -0.15) is 0 Å². The zero-order valence-corrected chi connectivity index (χ0v) is 10.6. The Morgan fingerprint density at radius 1 is 1.17 bits per heavy atom. The highest BCUT2D eigenvalue weighted by Crippen LogP contribution is 2.37. The van der Waals surface area contributed by atoms with E-state index >= 15 is 0 Å². The van der Waals surface area contributed by atoms with Crippen LogP contribution in [0.15, 0.2) is 47.8 Å². The van der Waals surface area contributed by atoms with Crippen LogP contribution in [0.25, 0.3) is 0 Å². The van der Waals surface area contributed by atoms with Crippen LogP contribution >= 0.6 is 11.3 Å². The fourth-order valence-corrected chi connectivity index (χ4v) is 3.21. The maximum absolute atomic E-state index is 11.9. The van der Waals surface area contributed by atoms with Crippen LogP contribution in [-0.4, -0.2) is 16.8 Å². The minimum Gasteiger partial charge on any atom is -0.327 e. The molecule has 4 heteroatoms. The number of hydrogen-bond donors (Lipinski definition) is 1. The predicted molar refractivity (Wildman–Crippen MR) is 72.0 cm³/mol. The molecule has 1 saturated heterocycles. The highest BCUT2D eigenvalue weighted by Gasteiger charge is 2.45. The summed E-state index contributed by atoms with van der Waals surface area (Å²) in [5.41, 5.74) is 7.06. The van der Waals surface area contributed by atoms with Gasteiger partial charge in [0.05, 0.1) is 6.04 Å². The van der Waals surface area contributed by atoms with Gasteiger partial charge in [0.2, 0.25) is 5.91 Å². The first kappa shape index (κ1) is 11.4. The van der Waals surface area contributed by atoms with Gasteiger partial charge in [-0.3, -0.25) is 4.79 Å². The molecule has 0 saturated carbocycles. The lowest BCUT2D eigenvalue weighted by Gasteiger charge is -2.45. The molecule has 2 atom stereocenters. The number of rotatable bonds is 3. The molecule has 1 fully saturated rings. The van der Waals surface area contributed by atoms with Gasteiger partial charge in [0.25, 0.3) is 0 Å². The largest absolute Gasteiger partial charge is 0.327 e. The minimum absolute atomic E-state index is 0.0391. The van der Waals surface area contributed by atoms with Crippen LogP contribution in [0, 0.1) is 0 Å². The second-order valence-electron chi connectivity index (χ2n) is 4.44. The molecule has 0 radical (unpaired) electrons. The van der Waals surface area contributed by atoms with Gasteiger partial charge in [-0.1, -0.05) is 36.4 Å². The number of thiophene rings is 1. The highest BCUT2D eigenvalue weighted by atomic mass is 32.1. The minimum atomic E-state index is -0.382. The van der Waals surface area contributed by atoms with Crippen molar-refractivity contribution in [1.29, 1.82) is 0 Å². The van der Waals surface area contributed by atoms with Crippen molar-refractivity contribution < 1.29 is 4.79 Å². The standard InChI is InChI=1S/C14H14N2OS/c15-12-13(11-7-4-8-18-11)16(14(12)17)9-10-5-2-1-3-6-10/h1-8,12-13H,9,15H2. The van der Waals surface area contributed by atoms with Crippen LogP contribution in [0.5, 0.6) is 0 Å². The lowest BCUT2D eigenvalue weighted by atomic mass is 9.93. The number of nitrogens with zero attached hydrogens (tertiary/aromatic N) is 1. The second-order valence-corrected chi connectivity index (χ2v) is 5.42. The molecule has 1 aromatic carbocycles. The van der Waals surface area contributed by atoms with E-state index < -0.39 is 0 Å². The van der Waals surface area contributed by atoms with Crippen molar-refractivity contribution in [2.45, 2.75) is 18.6 Å². The molecule has 1 aliphatic rings. The third-order valence-electron chi connectivity index (χ3n) is 3.27. The van der Waals surface area contributed by atoms with E-state index in [1.165, 1.54) is 0 Å². The van der Waals surface area contributed by atoms with Crippen LogP contribution in [0.2, 0.25) is 0 Å². The Bertz CT molecular complexity index is 538. The van der Waals surface area contributed by atoms with E-state index in [0.29, 0.717) is 6.54 Å². The van der Waals surface area contributed by atoms with E-state index in [-0.39, 0.29) is 18.0 Å². The molecule has 3 rings (SSSR count). The molecule has 2 heterocycles. The van der Waals surface area contributed by atoms with E-state index in [9.17, 15) is 4.79 Å². The third kappa shape index (κ3) is 1.83. The normalized spacial score (nSPS) is 22.9. The smallest absolute Gasteiger partial charge is 0.242 e. The summed E-state index contributed by atoms with van der Waals surface area (Å²) in [6.45, 7) is 0.635. The Balaban J connectivity index is 1.81. The van der Waals surface area contributed by atoms with Crippen molar-refractivity contribution >= 4 is 17.2 Å². The van der Waals surface area contributed by atoms with Crippen LogP contribution in [0.3, 0.4) is 0 Å². The van der Waals surface area contributed by atoms with Gasteiger partial charge in [0.15, 0.2) is 0 Å². The van der Waals surface area contributed by atoms with Crippen LogP contribution in [-0.2, 0) is 11.3 Å². The molecule has 2 aromatic rings. The Labute approximate surface area is 110 Å². The monoisotopic (exact) mass is 258 g/mol. The van der Waals surface area contributed by atoms with Gasteiger partial charge < -0.3 is 10.6 Å². The molecule has 0 aliphatic carbocycles. The molecule has 0 spiro atoms. The summed E-state index contributed by atoms with van der Waals surface area (Å²) in [5, 5.41) is 2.02. The van der Waals surface area contributed by atoms with Crippen molar-refractivity contribution in [3.05, 3.63) is 58.3 Å². The summed E-state index contributed by atoms with van der Waals surface area (Å²) in [6.07, 6.45) is 0. The van der Waals surface area contributed by atoms with Crippen molar-refractivity contribution in [1.82, 2.24) is 4.90 Å². The fraction of sp³-hybridized carbons (Fsp3) is 0.214. The molecule has 2 N–H and O–H groups in total. The number of carbonyl (C=O) groups excluding carboxylic acids is 1. The summed E-state index contributed by atoms with van der Waals surface area (Å²) >= 11 is 1.65. The predicted octanol–water partition coefficient (Wildman–Crippen LogP) is 2.16. The molecular formula is C14H14N2OS. The average Bonchev–Trinajstić information content (AvgIpc) is 2.92. The first-order chi connectivity index (χ1) is 8.77. The lowest BCUT2D eigenvalue weighted by molar-refractivity contribution is -0.150. The van der Waals surface area contributed by atoms with E-state index in [1.54, 1.807) is 11.3 Å². The molecule has 0 bridgehead atoms. The van der Waals surface area contributed by atoms with Gasteiger partial charge in [-0.25, -0.2) is 0 Å². The van der Waals surface area contributed by atoms with Crippen molar-refractivity contribution in [3.63, 3.8) is 0 Å². The number of benzene rings is 1. The van der Waals surface area contributed by atoms with Crippen molar-refractivity contribution in [2.75, 3.05) is 0 Å². The number of hydrogen-bond acceptors (Lipinski definition) is 3. The summed E-state index contributed by atoms with van der Waals surface area (Å²) in [4.78, 5) is 14.9. The maximum atomic E-state index is 11.9.